The van der Waals surface area contributed by atoms with E-state index in [9.17, 15) is 9.90 Å². The molecule has 1 aliphatic carbocycles. The summed E-state index contributed by atoms with van der Waals surface area (Å²) in [5, 5.41) is 25.0. The van der Waals surface area contributed by atoms with Crippen LogP contribution >= 0.6 is 0 Å². The molecule has 0 aromatic rings. The van der Waals surface area contributed by atoms with Gasteiger partial charge in [-0.3, -0.25) is 30.5 Å². The minimum atomic E-state index is -0.564. The zero-order chi connectivity index (χ0) is 32.3. The molecule has 0 radical (unpaired) electrons. The van der Waals surface area contributed by atoms with Crippen LogP contribution < -0.4 is 21.3 Å². The maximum atomic E-state index is 13.5. The van der Waals surface area contributed by atoms with Gasteiger partial charge >= 0.3 is 0 Å². The van der Waals surface area contributed by atoms with Gasteiger partial charge in [0.25, 0.3) is 0 Å². The summed E-state index contributed by atoms with van der Waals surface area (Å²) in [4.78, 5) is 21.0. The molecule has 1 amide bonds. The van der Waals surface area contributed by atoms with E-state index in [4.69, 9.17) is 14.2 Å². The van der Waals surface area contributed by atoms with Crippen LogP contribution in [0.1, 0.15) is 66.2 Å². The lowest BCUT2D eigenvalue weighted by Gasteiger charge is -2.48. The molecule has 8 unspecified atom stereocenters. The van der Waals surface area contributed by atoms with E-state index < -0.39 is 6.10 Å². The van der Waals surface area contributed by atoms with Crippen molar-refractivity contribution in [3.05, 3.63) is 0 Å². The number of rotatable bonds is 11. The first-order valence-electron chi connectivity index (χ1n) is 18.3. The standard InChI is InChI=1S/C34H63N7O5/c1-23-30(46-22-36-23)21-45-29-6-5-25-17-39(8-7-24(25)13-29)18-28(42)16-35-33(43)26-14-31(37-27-19-44-20-27)38-32(15-26)40-9-11-41(12-10-40)34(2,3)4/h23-32,36-38,42H,5-22H2,1-4H3,(H,35,43)/t23?,24?,25?,26?,28-,29?,30?,31?,32?/m0/s1. The highest BCUT2D eigenvalue weighted by molar-refractivity contribution is 5.78. The number of ether oxygens (including phenoxy) is 3. The third-order valence-corrected chi connectivity index (χ3v) is 11.7. The van der Waals surface area contributed by atoms with E-state index in [0.717, 1.165) is 84.6 Å². The number of nitrogens with one attached hydrogen (secondary N) is 4. The largest absolute Gasteiger partial charge is 0.390 e. The van der Waals surface area contributed by atoms with Gasteiger partial charge in [0.05, 0.1) is 63.2 Å². The van der Waals surface area contributed by atoms with E-state index in [1.807, 2.05) is 0 Å². The van der Waals surface area contributed by atoms with E-state index in [1.165, 1.54) is 6.42 Å². The first kappa shape index (κ1) is 34.9. The number of nitrogens with zero attached hydrogens (tertiary/aromatic N) is 3. The molecule has 12 nitrogen and oxygen atoms in total. The van der Waals surface area contributed by atoms with Crippen LogP contribution in [0, 0.1) is 17.8 Å². The van der Waals surface area contributed by atoms with Gasteiger partial charge in [-0.15, -0.1) is 0 Å². The van der Waals surface area contributed by atoms with Crippen molar-refractivity contribution in [2.75, 3.05) is 78.9 Å². The molecular formula is C34H63N7O5. The Morgan fingerprint density at radius 1 is 1.04 bits per heavy atom. The monoisotopic (exact) mass is 649 g/mol. The van der Waals surface area contributed by atoms with Gasteiger partial charge in [0.1, 0.15) is 0 Å². The lowest BCUT2D eigenvalue weighted by Crippen LogP contribution is -2.66. The number of fused-ring (bicyclic) bond motifs is 1. The number of likely N-dealkylation sites (tertiary alicyclic amines) is 1. The molecule has 5 saturated heterocycles. The Hall–Kier alpha value is -0.930. The number of aliphatic hydroxyl groups is 1. The summed E-state index contributed by atoms with van der Waals surface area (Å²) in [6.07, 6.45) is 6.30. The zero-order valence-corrected chi connectivity index (χ0v) is 28.9. The van der Waals surface area contributed by atoms with E-state index in [0.29, 0.717) is 56.5 Å². The van der Waals surface area contributed by atoms with Crippen molar-refractivity contribution in [1.82, 2.24) is 36.0 Å². The second-order valence-corrected chi connectivity index (χ2v) is 16.1. The molecule has 0 bridgehead atoms. The molecule has 5 N–H and O–H groups in total. The first-order valence-corrected chi connectivity index (χ1v) is 18.3. The lowest BCUT2D eigenvalue weighted by atomic mass is 9.74. The molecule has 1 saturated carbocycles. The van der Waals surface area contributed by atoms with Gasteiger partial charge in [0.15, 0.2) is 0 Å². The van der Waals surface area contributed by atoms with Crippen LogP contribution in [0.15, 0.2) is 0 Å². The highest BCUT2D eigenvalue weighted by Crippen LogP contribution is 2.37. The Morgan fingerprint density at radius 2 is 1.85 bits per heavy atom. The number of piperidine rings is 2. The fourth-order valence-corrected chi connectivity index (χ4v) is 8.60. The second kappa shape index (κ2) is 15.7. The smallest absolute Gasteiger partial charge is 0.223 e. The average Bonchev–Trinajstić information content (AvgIpc) is 3.44. The number of amides is 1. The summed E-state index contributed by atoms with van der Waals surface area (Å²) >= 11 is 0. The first-order chi connectivity index (χ1) is 22.1. The molecule has 6 fully saturated rings. The van der Waals surface area contributed by atoms with Crippen LogP contribution in [-0.4, -0.2) is 153 Å². The minimum Gasteiger partial charge on any atom is -0.390 e. The number of carbonyl (C=O) groups excluding carboxylic acids is 1. The highest BCUT2D eigenvalue weighted by atomic mass is 16.5. The van der Waals surface area contributed by atoms with Gasteiger partial charge in [-0.25, -0.2) is 0 Å². The summed E-state index contributed by atoms with van der Waals surface area (Å²) in [5.41, 5.74) is 0.176. The van der Waals surface area contributed by atoms with Crippen molar-refractivity contribution in [2.45, 2.75) is 114 Å². The molecule has 5 aliphatic heterocycles. The van der Waals surface area contributed by atoms with E-state index in [1.54, 1.807) is 0 Å². The van der Waals surface area contributed by atoms with E-state index in [-0.39, 0.29) is 35.8 Å². The number of β-amino-alcohol motifs (C(OH)–C–C–N with tert-alkyl or cyclic N) is 1. The number of hydrogen-bond donors (Lipinski definition) is 5. The summed E-state index contributed by atoms with van der Waals surface area (Å²) in [6.45, 7) is 18.8. The topological polar surface area (TPSA) is 123 Å². The van der Waals surface area contributed by atoms with Gasteiger partial charge < -0.3 is 29.5 Å². The Kier molecular flexibility index (Phi) is 11.9. The van der Waals surface area contributed by atoms with Crippen molar-refractivity contribution >= 4 is 5.91 Å². The third kappa shape index (κ3) is 9.19. The van der Waals surface area contributed by atoms with Crippen molar-refractivity contribution in [3.63, 3.8) is 0 Å². The van der Waals surface area contributed by atoms with Crippen LogP contribution in [0.5, 0.6) is 0 Å². The average molecular weight is 650 g/mol. The minimum absolute atomic E-state index is 0.0701. The third-order valence-electron chi connectivity index (χ3n) is 11.7. The van der Waals surface area contributed by atoms with E-state index >= 15 is 0 Å². The van der Waals surface area contributed by atoms with Gasteiger partial charge in [-0.2, -0.15) is 0 Å². The van der Waals surface area contributed by atoms with Crippen LogP contribution in [0.3, 0.4) is 0 Å². The van der Waals surface area contributed by atoms with Crippen molar-refractivity contribution < 1.29 is 24.1 Å². The normalized spacial score (nSPS) is 37.8. The van der Waals surface area contributed by atoms with Crippen LogP contribution in [0.2, 0.25) is 0 Å². The Bertz CT molecular complexity index is 974. The predicted molar refractivity (Wildman–Crippen MR) is 177 cm³/mol. The Balaban J connectivity index is 0.926. The van der Waals surface area contributed by atoms with Gasteiger partial charge in [-0.1, -0.05) is 0 Å². The molecule has 5 heterocycles. The molecule has 0 aromatic heterocycles. The number of carbonyl (C=O) groups is 1. The molecule has 6 aliphatic rings. The summed E-state index contributed by atoms with van der Waals surface area (Å²) in [5.74, 6) is 1.34. The van der Waals surface area contributed by atoms with Crippen molar-refractivity contribution in [1.29, 1.82) is 0 Å². The number of hydrogen-bond acceptors (Lipinski definition) is 11. The lowest BCUT2D eigenvalue weighted by molar-refractivity contribution is -0.128. The van der Waals surface area contributed by atoms with Gasteiger partial charge in [0, 0.05) is 63.3 Å². The van der Waals surface area contributed by atoms with Crippen LogP contribution in [0.25, 0.3) is 0 Å². The van der Waals surface area contributed by atoms with Crippen molar-refractivity contribution in [2.24, 2.45) is 17.8 Å². The summed E-state index contributed by atoms with van der Waals surface area (Å²) in [6, 6.07) is 0.702. The fraction of sp³-hybridized carbons (Fsp3) is 0.971. The number of piperazine rings is 1. The predicted octanol–water partition coefficient (Wildman–Crippen LogP) is 0.361. The fourth-order valence-electron chi connectivity index (χ4n) is 8.60. The molecule has 0 spiro atoms. The molecule has 12 heteroatoms. The number of aliphatic hydroxyl groups excluding tert-OH is 1. The van der Waals surface area contributed by atoms with Crippen LogP contribution in [0.4, 0.5) is 0 Å². The van der Waals surface area contributed by atoms with Gasteiger partial charge in [-0.05, 0) is 84.6 Å². The van der Waals surface area contributed by atoms with Crippen molar-refractivity contribution in [3.8, 4) is 0 Å². The van der Waals surface area contributed by atoms with Gasteiger partial charge in [0.2, 0.25) is 5.91 Å². The Labute approximate surface area is 277 Å². The van der Waals surface area contributed by atoms with E-state index in [2.05, 4.69) is 63.7 Å². The maximum absolute atomic E-state index is 13.5. The zero-order valence-electron chi connectivity index (χ0n) is 28.9. The summed E-state index contributed by atoms with van der Waals surface area (Å²) < 4.78 is 17.4. The molecule has 264 valence electrons. The molecule has 9 atom stereocenters. The molecule has 6 rings (SSSR count). The quantitative estimate of drug-likeness (QED) is 0.213. The van der Waals surface area contributed by atoms with Crippen LogP contribution in [-0.2, 0) is 19.0 Å². The summed E-state index contributed by atoms with van der Waals surface area (Å²) in [7, 11) is 0. The molecule has 0 aromatic carbocycles. The maximum Gasteiger partial charge on any atom is 0.223 e. The SMILES string of the molecule is CC1NCOC1COC1CCC2CN(C[C@@H](O)CNC(=O)C3CC(NC4COC4)NC(N4CCN(C(C)(C)C)CC4)C3)CCC2C1. The Morgan fingerprint density at radius 3 is 2.54 bits per heavy atom. The molecule has 46 heavy (non-hydrogen) atoms. The molecular weight excluding hydrogens is 586 g/mol. The second-order valence-electron chi connectivity index (χ2n) is 16.1. The highest BCUT2D eigenvalue weighted by Gasteiger charge is 2.39.